The van der Waals surface area contributed by atoms with E-state index in [1.165, 1.54) is 12.3 Å². The molecular formula is C8H8BrClN2O3S. The van der Waals surface area contributed by atoms with E-state index in [9.17, 15) is 8.42 Å². The van der Waals surface area contributed by atoms with Gasteiger partial charge in [0.15, 0.2) is 0 Å². The molecule has 0 unspecified atom stereocenters. The molecule has 8 heteroatoms. The summed E-state index contributed by atoms with van der Waals surface area (Å²) in [4.78, 5) is 8.73. The molecule has 0 amide bonds. The maximum atomic E-state index is 12.1. The van der Waals surface area contributed by atoms with E-state index >= 15 is 0 Å². The van der Waals surface area contributed by atoms with Gasteiger partial charge in [0.25, 0.3) is 10.0 Å². The molecule has 0 radical (unpaired) electrons. The zero-order valence-electron chi connectivity index (χ0n) is 8.06. The number of nitrogens with zero attached hydrogens (tertiary/aromatic N) is 2. The van der Waals surface area contributed by atoms with Gasteiger partial charge in [0, 0.05) is 17.2 Å². The van der Waals surface area contributed by atoms with E-state index < -0.39 is 10.0 Å². The molecule has 1 aliphatic rings. The molecule has 0 N–H and O–H groups in total. The standard InChI is InChI=1S/C8H8BrClN2O3S/c9-6-4-7(8(10)11-5-6)16(13,14)12-2-1-3-15-12/h4-5H,1-3H2. The van der Waals surface area contributed by atoms with Crippen molar-refractivity contribution in [3.05, 3.63) is 21.9 Å². The van der Waals surface area contributed by atoms with E-state index in [4.69, 9.17) is 16.4 Å². The Hall–Kier alpha value is -0.210. The van der Waals surface area contributed by atoms with Crippen LogP contribution in [0.1, 0.15) is 6.42 Å². The fourth-order valence-electron chi connectivity index (χ4n) is 1.31. The topological polar surface area (TPSA) is 59.5 Å². The summed E-state index contributed by atoms with van der Waals surface area (Å²) in [5.74, 6) is 0. The first kappa shape index (κ1) is 12.3. The minimum absolute atomic E-state index is 0.0505. The van der Waals surface area contributed by atoms with E-state index in [0.717, 1.165) is 4.47 Å². The van der Waals surface area contributed by atoms with Crippen molar-refractivity contribution in [3.8, 4) is 0 Å². The molecule has 16 heavy (non-hydrogen) atoms. The Morgan fingerprint density at radius 1 is 1.56 bits per heavy atom. The summed E-state index contributed by atoms with van der Waals surface area (Å²) >= 11 is 8.92. The molecular weight excluding hydrogens is 320 g/mol. The summed E-state index contributed by atoms with van der Waals surface area (Å²) in [6, 6.07) is 1.41. The van der Waals surface area contributed by atoms with Crippen molar-refractivity contribution < 1.29 is 13.3 Å². The van der Waals surface area contributed by atoms with Crippen molar-refractivity contribution in [2.24, 2.45) is 0 Å². The van der Waals surface area contributed by atoms with Crippen LogP contribution in [0.15, 0.2) is 21.6 Å². The highest BCUT2D eigenvalue weighted by atomic mass is 79.9. The molecule has 0 saturated carbocycles. The molecule has 0 bridgehead atoms. The number of sulfonamides is 1. The van der Waals surface area contributed by atoms with E-state index in [1.54, 1.807) is 0 Å². The number of halogens is 2. The van der Waals surface area contributed by atoms with Crippen molar-refractivity contribution in [2.45, 2.75) is 11.3 Å². The largest absolute Gasteiger partial charge is 0.284 e. The second-order valence-electron chi connectivity index (χ2n) is 3.16. The zero-order valence-corrected chi connectivity index (χ0v) is 11.2. The first-order valence-electron chi connectivity index (χ1n) is 4.48. The van der Waals surface area contributed by atoms with Gasteiger partial charge in [-0.05, 0) is 28.4 Å². The maximum absolute atomic E-state index is 12.1. The maximum Gasteiger partial charge on any atom is 0.268 e. The highest BCUT2D eigenvalue weighted by Crippen LogP contribution is 2.27. The van der Waals surface area contributed by atoms with Crippen LogP contribution in [0.5, 0.6) is 0 Å². The average molecular weight is 328 g/mol. The number of rotatable bonds is 2. The van der Waals surface area contributed by atoms with Crippen LogP contribution < -0.4 is 0 Å². The van der Waals surface area contributed by atoms with Crippen LogP contribution in [0, 0.1) is 0 Å². The SMILES string of the molecule is O=S(=O)(c1cc(Br)cnc1Cl)N1CCCO1. The van der Waals surface area contributed by atoms with E-state index in [0.29, 0.717) is 24.0 Å². The summed E-state index contributed by atoms with van der Waals surface area (Å²) in [5.41, 5.74) is 0. The van der Waals surface area contributed by atoms with Crippen molar-refractivity contribution in [1.82, 2.24) is 9.45 Å². The van der Waals surface area contributed by atoms with Gasteiger partial charge in [0.05, 0.1) is 6.61 Å². The third-order valence-electron chi connectivity index (χ3n) is 2.04. The molecule has 1 aromatic rings. The van der Waals surface area contributed by atoms with Crippen molar-refractivity contribution >= 4 is 37.6 Å². The number of hydrogen-bond acceptors (Lipinski definition) is 4. The molecule has 5 nitrogen and oxygen atoms in total. The van der Waals surface area contributed by atoms with Crippen molar-refractivity contribution in [2.75, 3.05) is 13.2 Å². The highest BCUT2D eigenvalue weighted by molar-refractivity contribution is 9.10. The van der Waals surface area contributed by atoms with Gasteiger partial charge in [-0.25, -0.2) is 13.4 Å². The molecule has 2 rings (SSSR count). The van der Waals surface area contributed by atoms with Crippen LogP contribution in [-0.4, -0.2) is 31.0 Å². The Morgan fingerprint density at radius 2 is 2.31 bits per heavy atom. The number of pyridine rings is 1. The third-order valence-corrected chi connectivity index (χ3v) is 4.58. The summed E-state index contributed by atoms with van der Waals surface area (Å²) in [6.07, 6.45) is 2.12. The van der Waals surface area contributed by atoms with Gasteiger partial charge in [-0.2, -0.15) is 0 Å². The van der Waals surface area contributed by atoms with Crippen LogP contribution in [0.3, 0.4) is 0 Å². The van der Waals surface area contributed by atoms with Crippen molar-refractivity contribution in [1.29, 1.82) is 0 Å². The normalized spacial score (nSPS) is 17.9. The lowest BCUT2D eigenvalue weighted by Crippen LogP contribution is -2.27. The Morgan fingerprint density at radius 3 is 2.94 bits per heavy atom. The predicted octanol–water partition coefficient (Wildman–Crippen LogP) is 1.82. The Kier molecular flexibility index (Phi) is 3.50. The summed E-state index contributed by atoms with van der Waals surface area (Å²) in [5, 5.41) is -0.0568. The van der Waals surface area contributed by atoms with E-state index in [1.807, 2.05) is 0 Å². The highest BCUT2D eigenvalue weighted by Gasteiger charge is 2.31. The van der Waals surface area contributed by atoms with E-state index in [2.05, 4.69) is 20.9 Å². The van der Waals surface area contributed by atoms with Gasteiger partial charge in [-0.3, -0.25) is 4.84 Å². The first-order valence-corrected chi connectivity index (χ1v) is 7.09. The quantitative estimate of drug-likeness (QED) is 0.778. The van der Waals surface area contributed by atoms with Gasteiger partial charge in [0.2, 0.25) is 0 Å². The Balaban J connectivity index is 2.46. The number of hydrogen-bond donors (Lipinski definition) is 0. The smallest absolute Gasteiger partial charge is 0.268 e. The molecule has 1 aromatic heterocycles. The molecule has 1 fully saturated rings. The molecule has 2 heterocycles. The fourth-order valence-corrected chi connectivity index (χ4v) is 3.53. The van der Waals surface area contributed by atoms with Crippen LogP contribution in [0.4, 0.5) is 0 Å². The molecule has 0 atom stereocenters. The van der Waals surface area contributed by atoms with E-state index in [-0.39, 0.29) is 10.0 Å². The lowest BCUT2D eigenvalue weighted by atomic mass is 10.5. The van der Waals surface area contributed by atoms with Gasteiger partial charge in [-0.1, -0.05) is 16.1 Å². The number of hydroxylamine groups is 1. The minimum Gasteiger partial charge on any atom is -0.284 e. The monoisotopic (exact) mass is 326 g/mol. The van der Waals surface area contributed by atoms with Crippen LogP contribution in [0.25, 0.3) is 0 Å². The Labute approximate surface area is 106 Å². The minimum atomic E-state index is -3.71. The molecule has 1 saturated heterocycles. The average Bonchev–Trinajstić information content (AvgIpc) is 2.75. The summed E-state index contributed by atoms with van der Waals surface area (Å²) in [6.45, 7) is 0.740. The number of aromatic nitrogens is 1. The van der Waals surface area contributed by atoms with Crippen LogP contribution in [0.2, 0.25) is 5.15 Å². The molecule has 88 valence electrons. The second kappa shape index (κ2) is 4.58. The fraction of sp³-hybridized carbons (Fsp3) is 0.375. The Bertz CT molecular complexity index is 502. The third kappa shape index (κ3) is 2.23. The zero-order chi connectivity index (χ0) is 11.8. The van der Waals surface area contributed by atoms with Crippen molar-refractivity contribution in [3.63, 3.8) is 0 Å². The van der Waals surface area contributed by atoms with Gasteiger partial charge >= 0.3 is 0 Å². The van der Waals surface area contributed by atoms with Crippen LogP contribution in [-0.2, 0) is 14.9 Å². The molecule has 0 aromatic carbocycles. The second-order valence-corrected chi connectivity index (χ2v) is 6.23. The molecule has 0 spiro atoms. The predicted molar refractivity (Wildman–Crippen MR) is 61.4 cm³/mol. The van der Waals surface area contributed by atoms with Gasteiger partial charge < -0.3 is 0 Å². The summed E-state index contributed by atoms with van der Waals surface area (Å²) in [7, 11) is -3.71. The van der Waals surface area contributed by atoms with Crippen LogP contribution >= 0.6 is 27.5 Å². The summed E-state index contributed by atoms with van der Waals surface area (Å²) < 4.78 is 25.6. The first-order chi connectivity index (χ1) is 7.51. The van der Waals surface area contributed by atoms with Gasteiger partial charge in [-0.15, -0.1) is 0 Å². The molecule has 1 aliphatic heterocycles. The lowest BCUT2D eigenvalue weighted by Gasteiger charge is -2.14. The lowest BCUT2D eigenvalue weighted by molar-refractivity contribution is -0.0284. The van der Waals surface area contributed by atoms with Gasteiger partial charge in [0.1, 0.15) is 10.0 Å². The molecule has 0 aliphatic carbocycles.